The fourth-order valence-corrected chi connectivity index (χ4v) is 3.49. The lowest BCUT2D eigenvalue weighted by molar-refractivity contribution is -0.138. The third kappa shape index (κ3) is 4.17. The molecule has 0 unspecified atom stereocenters. The molecule has 0 atom stereocenters. The van der Waals surface area contributed by atoms with Crippen LogP contribution in [0.5, 0.6) is 5.75 Å². The van der Waals surface area contributed by atoms with Crippen LogP contribution < -0.4 is 9.46 Å². The van der Waals surface area contributed by atoms with E-state index < -0.39 is 21.8 Å². The zero-order chi connectivity index (χ0) is 17.3. The van der Waals surface area contributed by atoms with Gasteiger partial charge in [-0.3, -0.25) is 4.72 Å². The Kier molecular flexibility index (Phi) is 4.90. The Morgan fingerprint density at radius 3 is 2.39 bits per heavy atom. The van der Waals surface area contributed by atoms with E-state index in [0.29, 0.717) is 10.5 Å². The van der Waals surface area contributed by atoms with Gasteiger partial charge in [0, 0.05) is 10.2 Å². The van der Waals surface area contributed by atoms with Gasteiger partial charge in [-0.2, -0.15) is 13.2 Å². The molecule has 0 bridgehead atoms. The first-order valence-corrected chi connectivity index (χ1v) is 8.45. The van der Waals surface area contributed by atoms with E-state index in [1.807, 2.05) is 0 Å². The largest absolute Gasteiger partial charge is 0.496 e. The maximum Gasteiger partial charge on any atom is 0.420 e. The number of hydrogen-bond donors (Lipinski definition) is 1. The molecule has 2 rings (SSSR count). The summed E-state index contributed by atoms with van der Waals surface area (Å²) in [5.74, 6) is -0.386. The summed E-state index contributed by atoms with van der Waals surface area (Å²) in [4.78, 5) is -0.0729. The van der Waals surface area contributed by atoms with Crippen molar-refractivity contribution in [3.63, 3.8) is 0 Å². The Balaban J connectivity index is 2.40. The zero-order valence-electron chi connectivity index (χ0n) is 11.7. The predicted molar refractivity (Wildman–Crippen MR) is 82.9 cm³/mol. The molecule has 1 N–H and O–H groups in total. The van der Waals surface area contributed by atoms with Gasteiger partial charge in [0.2, 0.25) is 0 Å². The quantitative estimate of drug-likeness (QED) is 0.819. The molecule has 2 aromatic rings. The topological polar surface area (TPSA) is 55.4 Å². The van der Waals surface area contributed by atoms with Crippen molar-refractivity contribution in [2.45, 2.75) is 11.1 Å². The van der Waals surface area contributed by atoms with Gasteiger partial charge in [-0.25, -0.2) is 8.42 Å². The van der Waals surface area contributed by atoms with Crippen molar-refractivity contribution in [1.29, 1.82) is 0 Å². The summed E-state index contributed by atoms with van der Waals surface area (Å²) in [6.45, 7) is 0. The van der Waals surface area contributed by atoms with Crippen LogP contribution in [0.1, 0.15) is 5.56 Å². The fourth-order valence-electron chi connectivity index (χ4n) is 1.84. The van der Waals surface area contributed by atoms with Crippen LogP contribution in [0.25, 0.3) is 0 Å². The molecule has 124 valence electrons. The van der Waals surface area contributed by atoms with E-state index in [9.17, 15) is 21.6 Å². The van der Waals surface area contributed by atoms with Crippen LogP contribution in [0.4, 0.5) is 18.9 Å². The number of alkyl halides is 3. The van der Waals surface area contributed by atoms with Crippen molar-refractivity contribution in [3.05, 3.63) is 52.5 Å². The number of rotatable bonds is 4. The van der Waals surface area contributed by atoms with Gasteiger partial charge >= 0.3 is 6.18 Å². The van der Waals surface area contributed by atoms with Gasteiger partial charge in [-0.15, -0.1) is 0 Å². The summed E-state index contributed by atoms with van der Waals surface area (Å²) in [5.41, 5.74) is -1.27. The second-order valence-electron chi connectivity index (χ2n) is 4.48. The number of nitrogens with one attached hydrogen (secondary N) is 1. The second kappa shape index (κ2) is 6.40. The van der Waals surface area contributed by atoms with E-state index in [0.717, 1.165) is 13.2 Å². The molecule has 0 aliphatic carbocycles. The molecular weight excluding hydrogens is 399 g/mol. The lowest BCUT2D eigenvalue weighted by atomic mass is 10.1. The molecule has 23 heavy (non-hydrogen) atoms. The minimum atomic E-state index is -4.66. The molecule has 0 spiro atoms. The second-order valence-corrected chi connectivity index (χ2v) is 7.07. The summed E-state index contributed by atoms with van der Waals surface area (Å²) in [5, 5.41) is 0. The molecule has 0 radical (unpaired) electrons. The van der Waals surface area contributed by atoms with Crippen molar-refractivity contribution in [2.24, 2.45) is 0 Å². The lowest BCUT2D eigenvalue weighted by Gasteiger charge is -2.14. The highest BCUT2D eigenvalue weighted by Gasteiger charge is 2.34. The molecular formula is C14H11BrF3NO3S. The van der Waals surface area contributed by atoms with Crippen LogP contribution in [0.3, 0.4) is 0 Å². The Hall–Kier alpha value is -1.74. The fraction of sp³-hybridized carbons (Fsp3) is 0.143. The number of anilines is 1. The molecule has 4 nitrogen and oxygen atoms in total. The standard InChI is InChI=1S/C14H11BrF3NO3S/c1-22-13-6-5-10(8-12(13)14(16,17)18)19-23(20,21)11-4-2-3-9(15)7-11/h2-8,19H,1H3. The van der Waals surface area contributed by atoms with Crippen molar-refractivity contribution in [3.8, 4) is 5.75 Å². The molecule has 0 saturated carbocycles. The van der Waals surface area contributed by atoms with E-state index in [4.69, 9.17) is 0 Å². The maximum absolute atomic E-state index is 13.0. The first-order chi connectivity index (χ1) is 10.6. The summed E-state index contributed by atoms with van der Waals surface area (Å²) in [6.07, 6.45) is -4.66. The van der Waals surface area contributed by atoms with Gasteiger partial charge in [0.05, 0.1) is 17.6 Å². The minimum absolute atomic E-state index is 0.0729. The smallest absolute Gasteiger partial charge is 0.420 e. The van der Waals surface area contributed by atoms with Crippen molar-refractivity contribution in [2.75, 3.05) is 11.8 Å². The Morgan fingerprint density at radius 1 is 1.13 bits per heavy atom. The molecule has 0 aromatic heterocycles. The third-order valence-electron chi connectivity index (χ3n) is 2.86. The van der Waals surface area contributed by atoms with Crippen LogP contribution in [-0.2, 0) is 16.2 Å². The zero-order valence-corrected chi connectivity index (χ0v) is 14.1. The van der Waals surface area contributed by atoms with E-state index in [-0.39, 0.29) is 16.3 Å². The molecule has 0 saturated heterocycles. The van der Waals surface area contributed by atoms with Gasteiger partial charge in [0.25, 0.3) is 10.0 Å². The van der Waals surface area contributed by atoms with Gasteiger partial charge in [-0.05, 0) is 36.4 Å². The molecule has 0 fully saturated rings. The van der Waals surface area contributed by atoms with E-state index in [1.54, 1.807) is 6.07 Å². The average molecular weight is 410 g/mol. The number of hydrogen-bond acceptors (Lipinski definition) is 3. The number of benzene rings is 2. The summed E-state index contributed by atoms with van der Waals surface area (Å²) >= 11 is 3.14. The molecule has 0 amide bonds. The number of halogens is 4. The lowest BCUT2D eigenvalue weighted by Crippen LogP contribution is -2.14. The molecule has 0 heterocycles. The number of methoxy groups -OCH3 is 1. The molecule has 0 aliphatic rings. The highest BCUT2D eigenvalue weighted by atomic mass is 79.9. The minimum Gasteiger partial charge on any atom is -0.496 e. The average Bonchev–Trinajstić information content (AvgIpc) is 2.46. The van der Waals surface area contributed by atoms with Crippen molar-refractivity contribution in [1.82, 2.24) is 0 Å². The third-order valence-corrected chi connectivity index (χ3v) is 4.74. The van der Waals surface area contributed by atoms with Gasteiger partial charge in [-0.1, -0.05) is 22.0 Å². The van der Waals surface area contributed by atoms with Crippen LogP contribution in [0.15, 0.2) is 51.8 Å². The van der Waals surface area contributed by atoms with Crippen LogP contribution in [0.2, 0.25) is 0 Å². The van der Waals surface area contributed by atoms with Gasteiger partial charge < -0.3 is 4.74 Å². The molecule has 9 heteroatoms. The summed E-state index contributed by atoms with van der Waals surface area (Å²) in [7, 11) is -2.90. The van der Waals surface area contributed by atoms with E-state index in [2.05, 4.69) is 25.4 Å². The first-order valence-electron chi connectivity index (χ1n) is 6.17. The van der Waals surface area contributed by atoms with Crippen molar-refractivity contribution >= 4 is 31.6 Å². The van der Waals surface area contributed by atoms with E-state index >= 15 is 0 Å². The molecule has 2 aromatic carbocycles. The maximum atomic E-state index is 13.0. The van der Waals surface area contributed by atoms with Gasteiger partial charge in [0.15, 0.2) is 0 Å². The predicted octanol–water partition coefficient (Wildman–Crippen LogP) is 4.28. The monoisotopic (exact) mass is 409 g/mol. The van der Waals surface area contributed by atoms with Crippen LogP contribution >= 0.6 is 15.9 Å². The van der Waals surface area contributed by atoms with Gasteiger partial charge in [0.1, 0.15) is 5.75 Å². The number of ether oxygens (including phenoxy) is 1. The Bertz CT molecular complexity index is 822. The number of sulfonamides is 1. The Morgan fingerprint density at radius 2 is 1.83 bits per heavy atom. The van der Waals surface area contributed by atoms with Crippen LogP contribution in [-0.4, -0.2) is 15.5 Å². The van der Waals surface area contributed by atoms with E-state index in [1.165, 1.54) is 24.3 Å². The van der Waals surface area contributed by atoms with Crippen molar-refractivity contribution < 1.29 is 26.3 Å². The summed E-state index contributed by atoms with van der Waals surface area (Å²) < 4.78 is 70.6. The Labute approximate surface area is 139 Å². The normalized spacial score (nSPS) is 12.0. The van der Waals surface area contributed by atoms with Crippen LogP contribution in [0, 0.1) is 0 Å². The summed E-state index contributed by atoms with van der Waals surface area (Å²) in [6, 6.07) is 8.76. The first kappa shape index (κ1) is 17.6. The highest BCUT2D eigenvalue weighted by Crippen LogP contribution is 2.38. The highest BCUT2D eigenvalue weighted by molar-refractivity contribution is 9.10. The molecule has 0 aliphatic heterocycles. The SMILES string of the molecule is COc1ccc(NS(=O)(=O)c2cccc(Br)c2)cc1C(F)(F)F.